The number of primary amides is 1. The molecule has 3 N–H and O–H groups in total. The smallest absolute Gasteiger partial charge is 0.318 e. The first-order valence-corrected chi connectivity index (χ1v) is 6.35. The normalized spacial score (nSPS) is 15.6. The van der Waals surface area contributed by atoms with Gasteiger partial charge >= 0.3 is 6.03 Å². The number of nitrogens with two attached hydrogens (primary N) is 1. The lowest BCUT2D eigenvalue weighted by atomic mass is 9.93. The van der Waals surface area contributed by atoms with Crippen LogP contribution in [0.4, 0.5) is 4.79 Å². The average molecular weight is 292 g/mol. The molecule has 112 valence electrons. The molecular formula is C14H16N2O5. The van der Waals surface area contributed by atoms with Gasteiger partial charge in [0.2, 0.25) is 0 Å². The third kappa shape index (κ3) is 3.71. The molecule has 0 atom stereocenters. The van der Waals surface area contributed by atoms with Gasteiger partial charge in [-0.05, 0) is 26.0 Å². The van der Waals surface area contributed by atoms with Crippen molar-refractivity contribution in [2.75, 3.05) is 6.61 Å². The minimum atomic E-state index is -0.940. The lowest BCUT2D eigenvalue weighted by molar-refractivity contribution is -0.121. The Morgan fingerprint density at radius 1 is 1.43 bits per heavy atom. The molecule has 0 unspecified atom stereocenters. The third-order valence-corrected chi connectivity index (χ3v) is 2.86. The summed E-state index contributed by atoms with van der Waals surface area (Å²) in [5, 5.41) is 1.89. The highest BCUT2D eigenvalue weighted by Gasteiger charge is 2.32. The number of carbonyl (C=O) groups is 3. The summed E-state index contributed by atoms with van der Waals surface area (Å²) >= 11 is 0. The van der Waals surface area contributed by atoms with Crippen molar-refractivity contribution in [2.24, 2.45) is 5.73 Å². The van der Waals surface area contributed by atoms with Crippen molar-refractivity contribution < 1.29 is 23.9 Å². The lowest BCUT2D eigenvalue weighted by Crippen LogP contribution is -2.38. The highest BCUT2D eigenvalue weighted by atomic mass is 16.5. The van der Waals surface area contributed by atoms with E-state index in [1.54, 1.807) is 18.2 Å². The second-order valence-corrected chi connectivity index (χ2v) is 5.32. The molecular weight excluding hydrogens is 276 g/mol. The first-order valence-electron chi connectivity index (χ1n) is 6.35. The Kier molecular flexibility index (Phi) is 3.84. The molecule has 0 aliphatic carbocycles. The maximum absolute atomic E-state index is 12.0. The van der Waals surface area contributed by atoms with Crippen LogP contribution < -0.4 is 20.5 Å². The van der Waals surface area contributed by atoms with Gasteiger partial charge in [-0.1, -0.05) is 0 Å². The van der Waals surface area contributed by atoms with Crippen molar-refractivity contribution in [3.05, 3.63) is 23.8 Å². The standard InChI is InChI=1S/C14H16N2O5/c1-14(2)6-10(17)9-4-3-8(5-11(9)21-14)20-7-12(18)16-13(15)19/h3-5H,6-7H2,1-2H3,(H3,15,16,18,19). The van der Waals surface area contributed by atoms with E-state index in [1.807, 2.05) is 19.2 Å². The predicted octanol–water partition coefficient (Wildman–Crippen LogP) is 1.00. The van der Waals surface area contributed by atoms with Crippen LogP contribution in [0.15, 0.2) is 18.2 Å². The molecule has 1 aromatic rings. The summed E-state index contributed by atoms with van der Waals surface area (Å²) in [6.07, 6.45) is 0.307. The van der Waals surface area contributed by atoms with Gasteiger partial charge in [-0.2, -0.15) is 0 Å². The number of carbonyl (C=O) groups excluding carboxylic acids is 3. The topological polar surface area (TPSA) is 108 Å². The number of hydrogen-bond donors (Lipinski definition) is 2. The van der Waals surface area contributed by atoms with Crippen LogP contribution in [0.5, 0.6) is 11.5 Å². The number of hydrogen-bond acceptors (Lipinski definition) is 5. The first-order chi connectivity index (χ1) is 9.77. The summed E-state index contributed by atoms with van der Waals surface area (Å²) in [6.45, 7) is 3.28. The number of Topliss-reactive ketones (excluding diaryl/α,β-unsaturated/α-hetero) is 1. The van der Waals surface area contributed by atoms with Crippen LogP contribution >= 0.6 is 0 Å². The van der Waals surface area contributed by atoms with Crippen LogP contribution in [-0.2, 0) is 4.79 Å². The predicted molar refractivity (Wildman–Crippen MR) is 73.3 cm³/mol. The second-order valence-electron chi connectivity index (χ2n) is 5.32. The van der Waals surface area contributed by atoms with E-state index in [4.69, 9.17) is 15.2 Å². The van der Waals surface area contributed by atoms with Crippen molar-refractivity contribution in [1.82, 2.24) is 5.32 Å². The summed E-state index contributed by atoms with van der Waals surface area (Å²) in [6, 6.07) is 3.76. The van der Waals surface area contributed by atoms with Crippen LogP contribution in [0.3, 0.4) is 0 Å². The molecule has 1 aliphatic rings. The minimum Gasteiger partial charge on any atom is -0.486 e. The van der Waals surface area contributed by atoms with Crippen molar-refractivity contribution >= 4 is 17.7 Å². The number of nitrogens with one attached hydrogen (secondary N) is 1. The number of amides is 3. The van der Waals surface area contributed by atoms with E-state index in [-0.39, 0.29) is 12.4 Å². The van der Waals surface area contributed by atoms with Gasteiger partial charge in [-0.3, -0.25) is 14.9 Å². The van der Waals surface area contributed by atoms with Gasteiger partial charge in [0, 0.05) is 6.07 Å². The van der Waals surface area contributed by atoms with Gasteiger partial charge in [-0.25, -0.2) is 4.79 Å². The van der Waals surface area contributed by atoms with Crippen molar-refractivity contribution in [2.45, 2.75) is 25.9 Å². The molecule has 7 heteroatoms. The molecule has 3 amide bonds. The van der Waals surface area contributed by atoms with Crippen LogP contribution in [0.1, 0.15) is 30.6 Å². The minimum absolute atomic E-state index is 0.000675. The van der Waals surface area contributed by atoms with E-state index in [2.05, 4.69) is 0 Å². The molecule has 7 nitrogen and oxygen atoms in total. The highest BCUT2D eigenvalue weighted by Crippen LogP contribution is 2.35. The molecule has 1 aromatic carbocycles. The van der Waals surface area contributed by atoms with E-state index in [1.165, 1.54) is 0 Å². The Bertz CT molecular complexity index is 609. The lowest BCUT2D eigenvalue weighted by Gasteiger charge is -2.31. The number of fused-ring (bicyclic) bond motifs is 1. The Balaban J connectivity index is 2.09. The molecule has 0 saturated heterocycles. The quantitative estimate of drug-likeness (QED) is 0.864. The van der Waals surface area contributed by atoms with Crippen molar-refractivity contribution in [1.29, 1.82) is 0 Å². The van der Waals surface area contributed by atoms with E-state index in [0.717, 1.165) is 0 Å². The van der Waals surface area contributed by atoms with Gasteiger partial charge in [0.05, 0.1) is 12.0 Å². The summed E-state index contributed by atoms with van der Waals surface area (Å²) in [4.78, 5) is 33.7. The molecule has 21 heavy (non-hydrogen) atoms. The first kappa shape index (κ1) is 14.8. The van der Waals surface area contributed by atoms with Gasteiger partial charge in [0.25, 0.3) is 5.91 Å². The van der Waals surface area contributed by atoms with E-state index in [0.29, 0.717) is 23.5 Å². The van der Waals surface area contributed by atoms with Crippen LogP contribution in [0.25, 0.3) is 0 Å². The Morgan fingerprint density at radius 3 is 2.81 bits per heavy atom. The zero-order valence-electron chi connectivity index (χ0n) is 11.8. The zero-order valence-corrected chi connectivity index (χ0v) is 11.8. The number of rotatable bonds is 3. The highest BCUT2D eigenvalue weighted by molar-refractivity contribution is 6.00. The van der Waals surface area contributed by atoms with Crippen LogP contribution in [-0.4, -0.2) is 29.9 Å². The molecule has 0 saturated carbocycles. The Labute approximate surface area is 121 Å². The number of imide groups is 1. The molecule has 1 heterocycles. The van der Waals surface area contributed by atoms with Crippen molar-refractivity contribution in [3.63, 3.8) is 0 Å². The summed E-state index contributed by atoms with van der Waals surface area (Å²) in [5.41, 5.74) is 4.73. The van der Waals surface area contributed by atoms with E-state index < -0.39 is 17.5 Å². The van der Waals surface area contributed by atoms with Gasteiger partial charge in [0.1, 0.15) is 17.1 Å². The van der Waals surface area contributed by atoms with Gasteiger partial charge in [-0.15, -0.1) is 0 Å². The summed E-state index contributed by atoms with van der Waals surface area (Å²) in [7, 11) is 0. The fourth-order valence-electron chi connectivity index (χ4n) is 2.05. The fraction of sp³-hybridized carbons (Fsp3) is 0.357. The maximum atomic E-state index is 12.0. The van der Waals surface area contributed by atoms with E-state index >= 15 is 0 Å². The molecule has 0 bridgehead atoms. The number of ketones is 1. The summed E-state index contributed by atoms with van der Waals surface area (Å²) in [5.74, 6) is 0.125. The van der Waals surface area contributed by atoms with Gasteiger partial charge < -0.3 is 15.2 Å². The maximum Gasteiger partial charge on any atom is 0.318 e. The average Bonchev–Trinajstić information content (AvgIpc) is 2.33. The molecule has 0 radical (unpaired) electrons. The molecule has 1 aliphatic heterocycles. The summed E-state index contributed by atoms with van der Waals surface area (Å²) < 4.78 is 11.0. The second kappa shape index (κ2) is 5.43. The Morgan fingerprint density at radius 2 is 2.14 bits per heavy atom. The third-order valence-electron chi connectivity index (χ3n) is 2.86. The SMILES string of the molecule is CC1(C)CC(=O)c2ccc(OCC(=O)NC(N)=O)cc2O1. The largest absolute Gasteiger partial charge is 0.486 e. The fourth-order valence-corrected chi connectivity index (χ4v) is 2.05. The molecule has 0 fully saturated rings. The monoisotopic (exact) mass is 292 g/mol. The number of ether oxygens (including phenoxy) is 2. The van der Waals surface area contributed by atoms with Crippen LogP contribution in [0, 0.1) is 0 Å². The molecule has 0 aromatic heterocycles. The zero-order chi connectivity index (χ0) is 15.6. The number of urea groups is 1. The molecule has 0 spiro atoms. The Hall–Kier alpha value is -2.57. The number of benzene rings is 1. The molecule has 2 rings (SSSR count). The van der Waals surface area contributed by atoms with Gasteiger partial charge in [0.15, 0.2) is 12.4 Å². The van der Waals surface area contributed by atoms with Crippen LogP contribution in [0.2, 0.25) is 0 Å². The van der Waals surface area contributed by atoms with Crippen molar-refractivity contribution in [3.8, 4) is 11.5 Å². The van der Waals surface area contributed by atoms with E-state index in [9.17, 15) is 14.4 Å².